The number of benzene rings is 1. The van der Waals surface area contributed by atoms with Gasteiger partial charge in [0.25, 0.3) is 0 Å². The van der Waals surface area contributed by atoms with E-state index in [0.29, 0.717) is 12.1 Å². The molecular weight excluding hydrogens is 312 g/mol. The molecule has 0 spiro atoms. The molecule has 0 aromatic heterocycles. The second-order valence-electron chi connectivity index (χ2n) is 7.44. The number of hydrogen-bond acceptors (Lipinski definition) is 2. The second-order valence-corrected chi connectivity index (χ2v) is 8.35. The summed E-state index contributed by atoms with van der Waals surface area (Å²) >= 11 is 3.49. The van der Waals surface area contributed by atoms with Crippen LogP contribution in [0, 0.1) is 0 Å². The first-order valence-electron chi connectivity index (χ1n) is 7.48. The van der Waals surface area contributed by atoms with E-state index in [2.05, 4.69) is 85.4 Å². The fraction of sp³-hybridized carbons (Fsp3) is 0.647. The van der Waals surface area contributed by atoms with Gasteiger partial charge in [0.15, 0.2) is 0 Å². The lowest BCUT2D eigenvalue weighted by atomic mass is 9.79. The van der Waals surface area contributed by atoms with Crippen LogP contribution >= 0.6 is 15.9 Å². The molecular formula is C17H27BrN2. The molecule has 2 N–H and O–H groups in total. The summed E-state index contributed by atoms with van der Waals surface area (Å²) in [6.07, 6.45) is 2.33. The van der Waals surface area contributed by atoms with Gasteiger partial charge in [0.05, 0.1) is 0 Å². The first-order valence-corrected chi connectivity index (χ1v) is 8.27. The maximum Gasteiger partial charge on any atom is 0.0294 e. The van der Waals surface area contributed by atoms with E-state index < -0.39 is 0 Å². The number of halogens is 1. The smallest absolute Gasteiger partial charge is 0.0294 e. The Morgan fingerprint density at radius 3 is 2.10 bits per heavy atom. The molecule has 1 saturated heterocycles. The summed E-state index contributed by atoms with van der Waals surface area (Å²) in [7, 11) is 0. The Kier molecular flexibility index (Phi) is 4.63. The predicted molar refractivity (Wildman–Crippen MR) is 90.0 cm³/mol. The van der Waals surface area contributed by atoms with E-state index >= 15 is 0 Å². The Bertz CT molecular complexity index is 435. The normalized spacial score (nSPS) is 23.5. The van der Waals surface area contributed by atoms with Gasteiger partial charge in [-0.25, -0.2) is 0 Å². The predicted octanol–water partition coefficient (Wildman–Crippen LogP) is 4.41. The topological polar surface area (TPSA) is 24.1 Å². The highest BCUT2D eigenvalue weighted by molar-refractivity contribution is 9.10. The Morgan fingerprint density at radius 1 is 1.10 bits per heavy atom. The molecule has 2 rings (SSSR count). The molecule has 0 radical (unpaired) electrons. The zero-order valence-corrected chi connectivity index (χ0v) is 14.8. The first kappa shape index (κ1) is 16.0. The minimum absolute atomic E-state index is 0.193. The van der Waals surface area contributed by atoms with Crippen molar-refractivity contribution >= 4 is 15.9 Å². The molecule has 3 heteroatoms. The van der Waals surface area contributed by atoms with Crippen LogP contribution < -0.4 is 10.6 Å². The van der Waals surface area contributed by atoms with Crippen molar-refractivity contribution in [3.05, 3.63) is 34.3 Å². The second kappa shape index (κ2) is 5.78. The quantitative estimate of drug-likeness (QED) is 0.852. The summed E-state index contributed by atoms with van der Waals surface area (Å²) in [5.74, 6) is 0. The maximum absolute atomic E-state index is 3.81. The molecule has 1 aromatic rings. The third kappa shape index (κ3) is 4.31. The largest absolute Gasteiger partial charge is 0.307 e. The third-order valence-electron chi connectivity index (χ3n) is 4.05. The van der Waals surface area contributed by atoms with Gasteiger partial charge in [-0.15, -0.1) is 0 Å². The van der Waals surface area contributed by atoms with E-state index in [0.717, 1.165) is 17.3 Å². The zero-order valence-electron chi connectivity index (χ0n) is 13.3. The summed E-state index contributed by atoms with van der Waals surface area (Å²) in [4.78, 5) is 0. The minimum atomic E-state index is 0.193. The molecule has 1 aliphatic heterocycles. The Labute approximate surface area is 131 Å². The van der Waals surface area contributed by atoms with Crippen molar-refractivity contribution in [1.29, 1.82) is 0 Å². The van der Waals surface area contributed by atoms with Crippen molar-refractivity contribution in [2.45, 2.75) is 70.6 Å². The van der Waals surface area contributed by atoms with Crippen molar-refractivity contribution in [3.63, 3.8) is 0 Å². The number of rotatable bonds is 3. The highest BCUT2D eigenvalue weighted by atomic mass is 79.9. The molecule has 0 bridgehead atoms. The number of piperidine rings is 1. The highest BCUT2D eigenvalue weighted by Gasteiger charge is 2.37. The van der Waals surface area contributed by atoms with E-state index in [-0.39, 0.29) is 11.1 Å². The molecule has 0 saturated carbocycles. The summed E-state index contributed by atoms with van der Waals surface area (Å²) in [6.45, 7) is 11.4. The monoisotopic (exact) mass is 338 g/mol. The molecule has 1 fully saturated rings. The van der Waals surface area contributed by atoms with Gasteiger partial charge in [-0.05, 0) is 65.2 Å². The Morgan fingerprint density at radius 2 is 1.60 bits per heavy atom. The molecule has 1 heterocycles. The molecule has 1 aliphatic rings. The van der Waals surface area contributed by atoms with Crippen molar-refractivity contribution < 1.29 is 0 Å². The van der Waals surface area contributed by atoms with Gasteiger partial charge in [-0.3, -0.25) is 0 Å². The van der Waals surface area contributed by atoms with Crippen molar-refractivity contribution in [2.75, 3.05) is 0 Å². The van der Waals surface area contributed by atoms with Crippen LogP contribution in [-0.2, 0) is 0 Å². The average Bonchev–Trinajstić information content (AvgIpc) is 2.25. The summed E-state index contributed by atoms with van der Waals surface area (Å²) in [5.41, 5.74) is 1.74. The van der Waals surface area contributed by atoms with E-state index in [9.17, 15) is 0 Å². The molecule has 2 nitrogen and oxygen atoms in total. The van der Waals surface area contributed by atoms with E-state index in [4.69, 9.17) is 0 Å². The van der Waals surface area contributed by atoms with Gasteiger partial charge in [0.2, 0.25) is 0 Å². The van der Waals surface area contributed by atoms with Crippen LogP contribution in [0.2, 0.25) is 0 Å². The highest BCUT2D eigenvalue weighted by Crippen LogP contribution is 2.30. The summed E-state index contributed by atoms with van der Waals surface area (Å²) in [5, 5.41) is 7.55. The van der Waals surface area contributed by atoms with Crippen LogP contribution in [0.5, 0.6) is 0 Å². The SMILES string of the molecule is CC(NC1CC(C)(C)NC(C)(C)C1)c1ccc(Br)cc1. The lowest BCUT2D eigenvalue weighted by Crippen LogP contribution is -2.61. The first-order chi connectivity index (χ1) is 9.17. The van der Waals surface area contributed by atoms with Crippen molar-refractivity contribution in [2.24, 2.45) is 0 Å². The zero-order chi connectivity index (χ0) is 15.0. The van der Waals surface area contributed by atoms with E-state index in [1.165, 1.54) is 5.56 Å². The standard InChI is InChI=1S/C17H27BrN2/c1-12(13-6-8-14(18)9-7-13)19-15-10-16(2,3)20-17(4,5)11-15/h6-9,12,15,19-20H,10-11H2,1-5H3. The van der Waals surface area contributed by atoms with Crippen LogP contribution in [0.4, 0.5) is 0 Å². The maximum atomic E-state index is 3.81. The van der Waals surface area contributed by atoms with Crippen molar-refractivity contribution in [1.82, 2.24) is 10.6 Å². The van der Waals surface area contributed by atoms with Gasteiger partial charge in [-0.2, -0.15) is 0 Å². The molecule has 1 aromatic carbocycles. The summed E-state index contributed by atoms with van der Waals surface area (Å²) < 4.78 is 1.14. The van der Waals surface area contributed by atoms with Gasteiger partial charge in [-0.1, -0.05) is 28.1 Å². The van der Waals surface area contributed by atoms with Crippen LogP contribution in [0.15, 0.2) is 28.7 Å². The fourth-order valence-electron chi connectivity index (χ4n) is 3.64. The van der Waals surface area contributed by atoms with E-state index in [1.54, 1.807) is 0 Å². The minimum Gasteiger partial charge on any atom is -0.307 e. The molecule has 0 amide bonds. The summed E-state index contributed by atoms with van der Waals surface area (Å²) in [6, 6.07) is 9.56. The van der Waals surface area contributed by atoms with Gasteiger partial charge in [0, 0.05) is 27.6 Å². The number of nitrogens with one attached hydrogen (secondary N) is 2. The molecule has 112 valence electrons. The van der Waals surface area contributed by atoms with Crippen LogP contribution in [-0.4, -0.2) is 17.1 Å². The van der Waals surface area contributed by atoms with Crippen molar-refractivity contribution in [3.8, 4) is 0 Å². The van der Waals surface area contributed by atoms with Gasteiger partial charge in [0.1, 0.15) is 0 Å². The third-order valence-corrected chi connectivity index (χ3v) is 4.57. The molecule has 1 unspecified atom stereocenters. The number of hydrogen-bond donors (Lipinski definition) is 2. The van der Waals surface area contributed by atoms with Gasteiger partial charge < -0.3 is 10.6 Å². The fourth-order valence-corrected chi connectivity index (χ4v) is 3.91. The van der Waals surface area contributed by atoms with Crippen LogP contribution in [0.25, 0.3) is 0 Å². The lowest BCUT2D eigenvalue weighted by Gasteiger charge is -2.47. The Hall–Kier alpha value is -0.380. The molecule has 1 atom stereocenters. The molecule has 0 aliphatic carbocycles. The average molecular weight is 339 g/mol. The lowest BCUT2D eigenvalue weighted by molar-refractivity contribution is 0.141. The van der Waals surface area contributed by atoms with Gasteiger partial charge >= 0.3 is 0 Å². The Balaban J connectivity index is 2.03. The van der Waals surface area contributed by atoms with Crippen LogP contribution in [0.1, 0.15) is 59.1 Å². The van der Waals surface area contributed by atoms with Crippen LogP contribution in [0.3, 0.4) is 0 Å². The van der Waals surface area contributed by atoms with E-state index in [1.807, 2.05) is 0 Å². The molecule has 20 heavy (non-hydrogen) atoms.